The summed E-state index contributed by atoms with van der Waals surface area (Å²) in [7, 11) is 0. The first-order valence-electron chi connectivity index (χ1n) is 6.30. The summed E-state index contributed by atoms with van der Waals surface area (Å²) in [6, 6.07) is 8.20. The van der Waals surface area contributed by atoms with Crippen LogP contribution < -0.4 is 10.5 Å². The molecule has 0 saturated heterocycles. The SMILES string of the molecule is NC(c1nc2c(s1)COc1ccccc1-2)C1CC1. The van der Waals surface area contributed by atoms with Crippen LogP contribution in [0.4, 0.5) is 0 Å². The van der Waals surface area contributed by atoms with E-state index in [-0.39, 0.29) is 6.04 Å². The first-order chi connectivity index (χ1) is 8.83. The molecule has 4 heteroatoms. The lowest BCUT2D eigenvalue weighted by atomic mass is 10.1. The van der Waals surface area contributed by atoms with E-state index >= 15 is 0 Å². The molecule has 92 valence electrons. The fourth-order valence-corrected chi connectivity index (χ4v) is 3.50. The van der Waals surface area contributed by atoms with Crippen LogP contribution in [0.1, 0.15) is 28.8 Å². The average Bonchev–Trinajstić information content (AvgIpc) is 3.16. The molecule has 1 aliphatic carbocycles. The van der Waals surface area contributed by atoms with Crippen molar-refractivity contribution in [1.82, 2.24) is 4.98 Å². The van der Waals surface area contributed by atoms with Crippen LogP contribution in [-0.4, -0.2) is 4.98 Å². The van der Waals surface area contributed by atoms with Crippen LogP contribution in [0, 0.1) is 5.92 Å². The lowest BCUT2D eigenvalue weighted by molar-refractivity contribution is 0.305. The molecule has 1 aromatic carbocycles. The molecule has 1 saturated carbocycles. The molecule has 1 aliphatic heterocycles. The van der Waals surface area contributed by atoms with Crippen LogP contribution >= 0.6 is 11.3 Å². The van der Waals surface area contributed by atoms with E-state index in [1.54, 1.807) is 11.3 Å². The minimum absolute atomic E-state index is 0.118. The summed E-state index contributed by atoms with van der Waals surface area (Å²) in [4.78, 5) is 5.97. The van der Waals surface area contributed by atoms with Gasteiger partial charge in [0.1, 0.15) is 17.4 Å². The molecular weight excluding hydrogens is 244 g/mol. The highest BCUT2D eigenvalue weighted by molar-refractivity contribution is 7.12. The van der Waals surface area contributed by atoms with Crippen molar-refractivity contribution >= 4 is 11.3 Å². The molecule has 2 aromatic rings. The molecule has 0 spiro atoms. The summed E-state index contributed by atoms with van der Waals surface area (Å²) < 4.78 is 5.75. The Kier molecular flexibility index (Phi) is 2.22. The molecule has 0 amide bonds. The number of aromatic nitrogens is 1. The second-order valence-corrected chi connectivity index (χ2v) is 6.09. The number of hydrogen-bond acceptors (Lipinski definition) is 4. The van der Waals surface area contributed by atoms with Gasteiger partial charge in [0.2, 0.25) is 0 Å². The van der Waals surface area contributed by atoms with E-state index in [0.717, 1.165) is 22.0 Å². The van der Waals surface area contributed by atoms with Gasteiger partial charge in [0.15, 0.2) is 0 Å². The van der Waals surface area contributed by atoms with E-state index in [0.29, 0.717) is 12.5 Å². The highest BCUT2D eigenvalue weighted by atomic mass is 32.1. The number of ether oxygens (including phenoxy) is 1. The second-order valence-electron chi connectivity index (χ2n) is 4.97. The topological polar surface area (TPSA) is 48.1 Å². The molecule has 1 aromatic heterocycles. The maximum atomic E-state index is 6.24. The number of hydrogen-bond donors (Lipinski definition) is 1. The Labute approximate surface area is 110 Å². The van der Waals surface area contributed by atoms with Gasteiger partial charge in [-0.25, -0.2) is 4.98 Å². The van der Waals surface area contributed by atoms with Gasteiger partial charge in [-0.2, -0.15) is 0 Å². The van der Waals surface area contributed by atoms with Gasteiger partial charge in [-0.05, 0) is 30.9 Å². The lowest BCUT2D eigenvalue weighted by Crippen LogP contribution is -2.11. The van der Waals surface area contributed by atoms with Gasteiger partial charge in [-0.15, -0.1) is 11.3 Å². The first-order valence-corrected chi connectivity index (χ1v) is 7.12. The minimum atomic E-state index is 0.118. The molecule has 3 nitrogen and oxygen atoms in total. The van der Waals surface area contributed by atoms with E-state index in [2.05, 4.69) is 6.07 Å². The van der Waals surface area contributed by atoms with Crippen LogP contribution in [0.3, 0.4) is 0 Å². The van der Waals surface area contributed by atoms with Crippen LogP contribution in [-0.2, 0) is 6.61 Å². The molecule has 18 heavy (non-hydrogen) atoms. The van der Waals surface area contributed by atoms with E-state index in [9.17, 15) is 0 Å². The molecule has 0 bridgehead atoms. The molecule has 0 radical (unpaired) electrons. The summed E-state index contributed by atoms with van der Waals surface area (Å²) in [6.07, 6.45) is 2.50. The number of rotatable bonds is 2. The Balaban J connectivity index is 1.79. The van der Waals surface area contributed by atoms with E-state index in [1.807, 2.05) is 18.2 Å². The van der Waals surface area contributed by atoms with Crippen LogP contribution in [0.25, 0.3) is 11.3 Å². The predicted octanol–water partition coefficient (Wildman–Crippen LogP) is 3.11. The van der Waals surface area contributed by atoms with E-state index in [1.165, 1.54) is 17.7 Å². The third kappa shape index (κ3) is 1.56. The summed E-state index contributed by atoms with van der Waals surface area (Å²) in [6.45, 7) is 0.626. The monoisotopic (exact) mass is 258 g/mol. The van der Waals surface area contributed by atoms with Crippen molar-refractivity contribution in [1.29, 1.82) is 0 Å². The van der Waals surface area contributed by atoms with Gasteiger partial charge in [0, 0.05) is 5.56 Å². The Hall–Kier alpha value is -1.39. The van der Waals surface area contributed by atoms with Crippen molar-refractivity contribution in [3.05, 3.63) is 34.2 Å². The van der Waals surface area contributed by atoms with E-state index < -0.39 is 0 Å². The summed E-state index contributed by atoms with van der Waals surface area (Å²) in [5, 5.41) is 1.07. The molecule has 4 rings (SSSR count). The van der Waals surface area contributed by atoms with Crippen molar-refractivity contribution in [2.45, 2.75) is 25.5 Å². The van der Waals surface area contributed by atoms with Gasteiger partial charge in [0.05, 0.1) is 16.6 Å². The fourth-order valence-electron chi connectivity index (χ4n) is 2.41. The minimum Gasteiger partial charge on any atom is -0.487 e. The molecule has 2 aliphatic rings. The third-order valence-electron chi connectivity index (χ3n) is 3.63. The molecule has 2 heterocycles. The third-order valence-corrected chi connectivity index (χ3v) is 4.76. The number of para-hydroxylation sites is 1. The Morgan fingerprint density at radius 1 is 1.33 bits per heavy atom. The maximum Gasteiger partial charge on any atom is 0.129 e. The largest absolute Gasteiger partial charge is 0.487 e. The zero-order valence-corrected chi connectivity index (χ0v) is 10.7. The summed E-state index contributed by atoms with van der Waals surface area (Å²) in [5.41, 5.74) is 8.42. The van der Waals surface area contributed by atoms with Crippen molar-refractivity contribution in [3.63, 3.8) is 0 Å². The van der Waals surface area contributed by atoms with Gasteiger partial charge < -0.3 is 10.5 Å². The van der Waals surface area contributed by atoms with Crippen molar-refractivity contribution in [2.24, 2.45) is 11.7 Å². The molecular formula is C14H14N2OS. The Morgan fingerprint density at radius 2 is 2.17 bits per heavy atom. The molecule has 1 unspecified atom stereocenters. The van der Waals surface area contributed by atoms with Crippen LogP contribution in [0.5, 0.6) is 5.75 Å². The number of nitrogens with two attached hydrogens (primary N) is 1. The quantitative estimate of drug-likeness (QED) is 0.900. The average molecular weight is 258 g/mol. The standard InChI is InChI=1S/C14H14N2OS/c15-12(8-5-6-8)14-16-13-9-3-1-2-4-10(9)17-7-11(13)18-14/h1-4,8,12H,5-7,15H2. The number of nitrogens with zero attached hydrogens (tertiary/aromatic N) is 1. The Morgan fingerprint density at radius 3 is 3.00 bits per heavy atom. The smallest absolute Gasteiger partial charge is 0.129 e. The van der Waals surface area contributed by atoms with Crippen molar-refractivity contribution in [2.75, 3.05) is 0 Å². The second kappa shape index (κ2) is 3.80. The summed E-state index contributed by atoms with van der Waals surface area (Å²) >= 11 is 1.71. The summed E-state index contributed by atoms with van der Waals surface area (Å²) in [5.74, 6) is 1.58. The van der Waals surface area contributed by atoms with Gasteiger partial charge in [0.25, 0.3) is 0 Å². The van der Waals surface area contributed by atoms with Crippen molar-refractivity contribution < 1.29 is 4.74 Å². The van der Waals surface area contributed by atoms with E-state index in [4.69, 9.17) is 15.5 Å². The molecule has 1 fully saturated rings. The Bertz CT molecular complexity index is 604. The number of fused-ring (bicyclic) bond motifs is 3. The van der Waals surface area contributed by atoms with Gasteiger partial charge in [-0.3, -0.25) is 0 Å². The van der Waals surface area contributed by atoms with Gasteiger partial charge in [-0.1, -0.05) is 12.1 Å². The zero-order chi connectivity index (χ0) is 12.1. The maximum absolute atomic E-state index is 6.24. The van der Waals surface area contributed by atoms with Gasteiger partial charge >= 0.3 is 0 Å². The van der Waals surface area contributed by atoms with Crippen LogP contribution in [0.15, 0.2) is 24.3 Å². The normalized spacial score (nSPS) is 18.7. The highest BCUT2D eigenvalue weighted by Gasteiger charge is 2.33. The first kappa shape index (κ1) is 10.5. The molecule has 2 N–H and O–H groups in total. The molecule has 1 atom stereocenters. The predicted molar refractivity (Wildman–Crippen MR) is 71.5 cm³/mol. The lowest BCUT2D eigenvalue weighted by Gasteiger charge is -2.15. The number of thiazole rings is 1. The zero-order valence-electron chi connectivity index (χ0n) is 9.93. The van der Waals surface area contributed by atoms with Crippen LogP contribution in [0.2, 0.25) is 0 Å². The fraction of sp³-hybridized carbons (Fsp3) is 0.357. The van der Waals surface area contributed by atoms with Crippen molar-refractivity contribution in [3.8, 4) is 17.0 Å². The highest BCUT2D eigenvalue weighted by Crippen LogP contribution is 2.44. The number of benzene rings is 1.